The van der Waals surface area contributed by atoms with E-state index in [-0.39, 0.29) is 16.5 Å². The van der Waals surface area contributed by atoms with E-state index in [0.29, 0.717) is 5.02 Å². The Morgan fingerprint density at radius 3 is 2.14 bits per heavy atom. The summed E-state index contributed by atoms with van der Waals surface area (Å²) in [4.78, 5) is 11.4. The summed E-state index contributed by atoms with van der Waals surface area (Å²) in [5, 5.41) is 0.693. The average molecular weight is 276 g/mol. The second-order valence-corrected chi connectivity index (χ2v) is 4.80. The predicted molar refractivity (Wildman–Crippen MR) is 63.0 cm³/mol. The molecule has 0 N–H and O–H groups in total. The molecule has 76 valence electrons. The topological polar surface area (TPSA) is 17.1 Å². The molecule has 0 aliphatic heterocycles. The third kappa shape index (κ3) is 2.82. The van der Waals surface area contributed by atoms with Gasteiger partial charge in [0.1, 0.15) is 0 Å². The van der Waals surface area contributed by atoms with Crippen molar-refractivity contribution in [2.45, 2.75) is 19.8 Å². The molecule has 1 aromatic rings. The maximum absolute atomic E-state index is 11.4. The van der Waals surface area contributed by atoms with Crippen molar-refractivity contribution in [3.8, 4) is 0 Å². The number of carbonyl (C=O) groups excluding carboxylic acids is 1. The Balaban J connectivity index is 3.00. The number of carbonyl (C=O) groups is 1. The Bertz CT molecular complexity index is 319. The van der Waals surface area contributed by atoms with Crippen LogP contribution in [0.15, 0.2) is 24.3 Å². The molecule has 0 saturated carbocycles. The van der Waals surface area contributed by atoms with Crippen LogP contribution in [0.2, 0.25) is 5.02 Å². The fourth-order valence-electron chi connectivity index (χ4n) is 1.45. The van der Waals surface area contributed by atoms with Crippen LogP contribution in [0.5, 0.6) is 0 Å². The van der Waals surface area contributed by atoms with E-state index in [4.69, 9.17) is 11.6 Å². The lowest BCUT2D eigenvalue weighted by Crippen LogP contribution is -2.12. The highest BCUT2D eigenvalue weighted by atomic mass is 79.9. The summed E-state index contributed by atoms with van der Waals surface area (Å²) in [6.45, 7) is 4.05. The van der Waals surface area contributed by atoms with Gasteiger partial charge in [-0.1, -0.05) is 37.6 Å². The molecule has 0 radical (unpaired) electrons. The molecule has 0 bridgehead atoms. The van der Waals surface area contributed by atoms with Crippen molar-refractivity contribution in [1.29, 1.82) is 0 Å². The zero-order valence-corrected chi connectivity index (χ0v) is 10.5. The zero-order valence-electron chi connectivity index (χ0n) is 8.13. The Kier molecular flexibility index (Phi) is 4.14. The molecule has 0 fully saturated rings. The third-order valence-electron chi connectivity index (χ3n) is 2.14. The molecular weight excluding hydrogens is 263 g/mol. The normalized spacial score (nSPS) is 12.9. The number of halogens is 2. The first kappa shape index (κ1) is 11.7. The van der Waals surface area contributed by atoms with Crippen LogP contribution in [0.4, 0.5) is 0 Å². The van der Waals surface area contributed by atoms with Crippen LogP contribution in [0.25, 0.3) is 0 Å². The number of hydrogen-bond acceptors (Lipinski definition) is 1. The van der Waals surface area contributed by atoms with Crippen LogP contribution < -0.4 is 0 Å². The predicted octanol–water partition coefficient (Wildman–Crippen LogP) is 4.00. The minimum absolute atomic E-state index is 0.0230. The molecule has 0 spiro atoms. The number of hydrogen-bond donors (Lipinski definition) is 0. The third-order valence-corrected chi connectivity index (χ3v) is 2.89. The maximum Gasteiger partial charge on any atom is 0.205 e. The van der Waals surface area contributed by atoms with Crippen molar-refractivity contribution in [2.24, 2.45) is 5.92 Å². The molecule has 1 rings (SSSR count). The molecule has 3 heteroatoms. The Labute approximate surface area is 97.6 Å². The highest BCUT2D eigenvalue weighted by molar-refractivity contribution is 9.18. The fraction of sp³-hybridized carbons (Fsp3) is 0.364. The van der Waals surface area contributed by atoms with Crippen LogP contribution in [0.1, 0.15) is 25.3 Å². The molecule has 1 nitrogen and oxygen atoms in total. The summed E-state index contributed by atoms with van der Waals surface area (Å²) in [5.74, 6) is 0.190. The first-order chi connectivity index (χ1) is 6.52. The summed E-state index contributed by atoms with van der Waals surface area (Å²) in [7, 11) is 0. The van der Waals surface area contributed by atoms with E-state index in [9.17, 15) is 4.79 Å². The molecule has 0 saturated heterocycles. The SMILES string of the molecule is CC(C)C(C(=O)Br)c1ccc(Cl)cc1. The Morgan fingerprint density at radius 2 is 1.79 bits per heavy atom. The van der Waals surface area contributed by atoms with E-state index in [0.717, 1.165) is 5.56 Å². The lowest BCUT2D eigenvalue weighted by atomic mass is 9.90. The minimum Gasteiger partial charge on any atom is -0.286 e. The van der Waals surface area contributed by atoms with Crippen LogP contribution in [0.3, 0.4) is 0 Å². The average Bonchev–Trinajstić information content (AvgIpc) is 2.07. The summed E-state index contributed by atoms with van der Waals surface area (Å²) < 4.78 is 0.0230. The van der Waals surface area contributed by atoms with Crippen molar-refractivity contribution in [1.82, 2.24) is 0 Å². The summed E-state index contributed by atoms with van der Waals surface area (Å²) >= 11 is 8.80. The highest BCUT2D eigenvalue weighted by Crippen LogP contribution is 2.28. The van der Waals surface area contributed by atoms with Crippen molar-refractivity contribution in [3.63, 3.8) is 0 Å². The fourth-order valence-corrected chi connectivity index (χ4v) is 2.37. The van der Waals surface area contributed by atoms with Crippen molar-refractivity contribution in [2.75, 3.05) is 0 Å². The van der Waals surface area contributed by atoms with Gasteiger partial charge in [0, 0.05) is 5.02 Å². The molecule has 1 atom stereocenters. The van der Waals surface area contributed by atoms with Crippen LogP contribution >= 0.6 is 27.5 Å². The van der Waals surface area contributed by atoms with Gasteiger partial charge < -0.3 is 0 Å². The summed E-state index contributed by atoms with van der Waals surface area (Å²) in [5.41, 5.74) is 1.01. The van der Waals surface area contributed by atoms with E-state index < -0.39 is 0 Å². The van der Waals surface area contributed by atoms with Gasteiger partial charge >= 0.3 is 0 Å². The standard InChI is InChI=1S/C11H12BrClO/c1-7(2)10(11(12)14)8-3-5-9(13)6-4-8/h3-7,10H,1-2H3. The molecule has 1 unspecified atom stereocenters. The Hall–Kier alpha value is -0.340. The molecular formula is C11H12BrClO. The second kappa shape index (κ2) is 4.94. The van der Waals surface area contributed by atoms with Gasteiger partial charge in [-0.2, -0.15) is 0 Å². The molecule has 0 aromatic heterocycles. The molecule has 14 heavy (non-hydrogen) atoms. The van der Waals surface area contributed by atoms with E-state index >= 15 is 0 Å². The van der Waals surface area contributed by atoms with Gasteiger partial charge in [-0.05, 0) is 39.5 Å². The lowest BCUT2D eigenvalue weighted by molar-refractivity contribution is -0.112. The van der Waals surface area contributed by atoms with Gasteiger partial charge in [0.15, 0.2) is 0 Å². The van der Waals surface area contributed by atoms with E-state index in [1.807, 2.05) is 38.1 Å². The number of benzene rings is 1. The largest absolute Gasteiger partial charge is 0.286 e. The summed E-state index contributed by atoms with van der Waals surface area (Å²) in [6, 6.07) is 7.41. The molecule has 0 heterocycles. The monoisotopic (exact) mass is 274 g/mol. The van der Waals surface area contributed by atoms with Crippen LogP contribution in [0, 0.1) is 5.92 Å². The van der Waals surface area contributed by atoms with Crippen LogP contribution in [-0.4, -0.2) is 4.69 Å². The first-order valence-electron chi connectivity index (χ1n) is 4.47. The Morgan fingerprint density at radius 1 is 1.29 bits per heavy atom. The van der Waals surface area contributed by atoms with Gasteiger partial charge in [-0.15, -0.1) is 0 Å². The quantitative estimate of drug-likeness (QED) is 0.762. The van der Waals surface area contributed by atoms with Gasteiger partial charge in [0.05, 0.1) is 5.92 Å². The summed E-state index contributed by atoms with van der Waals surface area (Å²) in [6.07, 6.45) is 0. The maximum atomic E-state index is 11.4. The molecule has 0 amide bonds. The van der Waals surface area contributed by atoms with Crippen molar-refractivity contribution >= 4 is 32.2 Å². The lowest BCUT2D eigenvalue weighted by Gasteiger charge is -2.16. The van der Waals surface area contributed by atoms with Gasteiger partial charge in [0.2, 0.25) is 4.69 Å². The van der Waals surface area contributed by atoms with E-state index in [1.165, 1.54) is 0 Å². The molecule has 0 aliphatic rings. The van der Waals surface area contributed by atoms with Gasteiger partial charge in [-0.25, -0.2) is 0 Å². The minimum atomic E-state index is -0.0905. The van der Waals surface area contributed by atoms with E-state index in [1.54, 1.807) is 0 Å². The number of rotatable bonds is 3. The van der Waals surface area contributed by atoms with Gasteiger partial charge in [0.25, 0.3) is 0 Å². The highest BCUT2D eigenvalue weighted by Gasteiger charge is 2.21. The zero-order chi connectivity index (χ0) is 10.7. The smallest absolute Gasteiger partial charge is 0.205 e. The van der Waals surface area contributed by atoms with Crippen molar-refractivity contribution in [3.05, 3.63) is 34.9 Å². The van der Waals surface area contributed by atoms with E-state index in [2.05, 4.69) is 15.9 Å². The molecule has 1 aromatic carbocycles. The second-order valence-electron chi connectivity index (χ2n) is 3.58. The molecule has 0 aliphatic carbocycles. The van der Waals surface area contributed by atoms with Gasteiger partial charge in [-0.3, -0.25) is 4.79 Å². The van der Waals surface area contributed by atoms with Crippen molar-refractivity contribution < 1.29 is 4.79 Å². The first-order valence-corrected chi connectivity index (χ1v) is 5.64. The van der Waals surface area contributed by atoms with Crippen LogP contribution in [-0.2, 0) is 4.79 Å².